The van der Waals surface area contributed by atoms with Gasteiger partial charge in [-0.3, -0.25) is 4.79 Å². The molecular formula is C20H32BrN3O3. The number of benzene rings is 1. The van der Waals surface area contributed by atoms with Crippen molar-refractivity contribution in [2.45, 2.75) is 20.3 Å². The minimum absolute atomic E-state index is 0.0960. The summed E-state index contributed by atoms with van der Waals surface area (Å²) >= 11 is 3.49. The van der Waals surface area contributed by atoms with E-state index in [1.807, 2.05) is 6.92 Å². The molecule has 6 nitrogen and oxygen atoms in total. The second-order valence-electron chi connectivity index (χ2n) is 7.26. The van der Waals surface area contributed by atoms with Crippen LogP contribution in [0.4, 0.5) is 0 Å². The second kappa shape index (κ2) is 10.9. The fourth-order valence-electron chi connectivity index (χ4n) is 3.10. The third-order valence-corrected chi connectivity index (χ3v) is 5.31. The van der Waals surface area contributed by atoms with Crippen LogP contribution in [0.25, 0.3) is 0 Å². The van der Waals surface area contributed by atoms with E-state index in [9.17, 15) is 4.79 Å². The first-order valence-corrected chi connectivity index (χ1v) is 10.4. The molecule has 27 heavy (non-hydrogen) atoms. The highest BCUT2D eigenvalue weighted by molar-refractivity contribution is 9.10. The van der Waals surface area contributed by atoms with Crippen molar-refractivity contribution in [1.82, 2.24) is 15.1 Å². The maximum Gasteiger partial charge on any atom is 0.251 e. The zero-order chi connectivity index (χ0) is 19.8. The van der Waals surface area contributed by atoms with Crippen LogP contribution in [0.2, 0.25) is 0 Å². The second-order valence-corrected chi connectivity index (χ2v) is 8.11. The molecule has 1 heterocycles. The van der Waals surface area contributed by atoms with Crippen molar-refractivity contribution in [2.75, 3.05) is 60.0 Å². The summed E-state index contributed by atoms with van der Waals surface area (Å²) in [6, 6.07) is 3.52. The van der Waals surface area contributed by atoms with Gasteiger partial charge < -0.3 is 24.6 Å². The highest BCUT2D eigenvalue weighted by Crippen LogP contribution is 2.36. The van der Waals surface area contributed by atoms with Crippen molar-refractivity contribution < 1.29 is 14.3 Å². The molecule has 1 aliphatic rings. The molecule has 2 rings (SSSR count). The van der Waals surface area contributed by atoms with Gasteiger partial charge in [-0.05, 0) is 47.4 Å². The molecule has 0 radical (unpaired) electrons. The molecule has 0 bridgehead atoms. The number of carbonyl (C=O) groups excluding carboxylic acids is 1. The number of amides is 1. The standard InChI is InChI=1S/C20H32BrN3O3/c1-5-10-27-19-17(21)11-16(12-18(19)26-4)20(25)22-13-15(2)14-24-8-6-23(3)7-9-24/h11-12,15H,5-10,13-14H2,1-4H3,(H,22,25)/t15-/m1/s1. The van der Waals surface area contributed by atoms with Crippen molar-refractivity contribution >= 4 is 21.8 Å². The van der Waals surface area contributed by atoms with Gasteiger partial charge >= 0.3 is 0 Å². The van der Waals surface area contributed by atoms with Gasteiger partial charge in [0.2, 0.25) is 0 Å². The molecule has 1 atom stereocenters. The summed E-state index contributed by atoms with van der Waals surface area (Å²) in [5, 5.41) is 3.05. The molecule has 0 saturated carbocycles. The fourth-order valence-corrected chi connectivity index (χ4v) is 3.66. The van der Waals surface area contributed by atoms with Crippen molar-refractivity contribution in [2.24, 2.45) is 5.92 Å². The van der Waals surface area contributed by atoms with E-state index in [0.717, 1.165) is 43.6 Å². The third kappa shape index (κ3) is 6.66. The summed E-state index contributed by atoms with van der Waals surface area (Å²) in [6.45, 7) is 10.9. The fraction of sp³-hybridized carbons (Fsp3) is 0.650. The number of ether oxygens (including phenoxy) is 2. The van der Waals surface area contributed by atoms with E-state index < -0.39 is 0 Å². The Hall–Kier alpha value is -1.31. The monoisotopic (exact) mass is 441 g/mol. The molecular weight excluding hydrogens is 410 g/mol. The van der Waals surface area contributed by atoms with Crippen LogP contribution >= 0.6 is 15.9 Å². The largest absolute Gasteiger partial charge is 0.493 e. The number of nitrogens with one attached hydrogen (secondary N) is 1. The number of nitrogens with zero attached hydrogens (tertiary/aromatic N) is 2. The van der Waals surface area contributed by atoms with Crippen LogP contribution in [0.15, 0.2) is 16.6 Å². The number of halogens is 1. The summed E-state index contributed by atoms with van der Waals surface area (Å²) in [4.78, 5) is 17.4. The predicted octanol–water partition coefficient (Wildman–Crippen LogP) is 2.86. The molecule has 1 fully saturated rings. The summed E-state index contributed by atoms with van der Waals surface area (Å²) in [6.07, 6.45) is 0.906. The van der Waals surface area contributed by atoms with E-state index in [4.69, 9.17) is 9.47 Å². The number of rotatable bonds is 9. The Bertz CT molecular complexity index is 619. The predicted molar refractivity (Wildman–Crippen MR) is 112 cm³/mol. The van der Waals surface area contributed by atoms with E-state index in [0.29, 0.717) is 36.1 Å². The van der Waals surface area contributed by atoms with Crippen molar-refractivity contribution in [1.29, 1.82) is 0 Å². The summed E-state index contributed by atoms with van der Waals surface area (Å²) < 4.78 is 11.9. The lowest BCUT2D eigenvalue weighted by atomic mass is 10.1. The minimum Gasteiger partial charge on any atom is -0.493 e. The maximum absolute atomic E-state index is 12.6. The maximum atomic E-state index is 12.6. The van der Waals surface area contributed by atoms with Crippen molar-refractivity contribution in [3.05, 3.63) is 22.2 Å². The molecule has 152 valence electrons. The summed E-state index contributed by atoms with van der Waals surface area (Å²) in [5.41, 5.74) is 0.564. The average molecular weight is 442 g/mol. The van der Waals surface area contributed by atoms with E-state index in [1.165, 1.54) is 0 Å². The first kappa shape index (κ1) is 22.0. The summed E-state index contributed by atoms with van der Waals surface area (Å²) in [5.74, 6) is 1.50. The third-order valence-electron chi connectivity index (χ3n) is 4.72. The van der Waals surface area contributed by atoms with Crippen LogP contribution in [0.1, 0.15) is 30.6 Å². The SMILES string of the molecule is CCCOc1c(Br)cc(C(=O)NC[C@@H](C)CN2CCN(C)CC2)cc1OC. The first-order valence-electron chi connectivity index (χ1n) is 9.64. The number of methoxy groups -OCH3 is 1. The Labute approximate surface area is 171 Å². The molecule has 1 saturated heterocycles. The lowest BCUT2D eigenvalue weighted by Crippen LogP contribution is -2.46. The molecule has 0 spiro atoms. The average Bonchev–Trinajstić information content (AvgIpc) is 2.66. The molecule has 0 unspecified atom stereocenters. The van der Waals surface area contributed by atoms with Gasteiger partial charge in [0.25, 0.3) is 5.91 Å². The molecule has 1 aliphatic heterocycles. The van der Waals surface area contributed by atoms with Gasteiger partial charge in [0.1, 0.15) is 0 Å². The van der Waals surface area contributed by atoms with Crippen LogP contribution in [-0.4, -0.2) is 75.7 Å². The molecule has 1 aromatic rings. The molecule has 1 N–H and O–H groups in total. The molecule has 1 amide bonds. The lowest BCUT2D eigenvalue weighted by Gasteiger charge is -2.33. The minimum atomic E-state index is -0.0960. The van der Waals surface area contributed by atoms with E-state index in [2.05, 4.69) is 45.0 Å². The van der Waals surface area contributed by atoms with Gasteiger partial charge in [0.15, 0.2) is 11.5 Å². The Morgan fingerprint density at radius 1 is 1.30 bits per heavy atom. The number of hydrogen-bond donors (Lipinski definition) is 1. The number of likely N-dealkylation sites (N-methyl/N-ethyl adjacent to an activating group) is 1. The van der Waals surface area contributed by atoms with Gasteiger partial charge in [-0.15, -0.1) is 0 Å². The van der Waals surface area contributed by atoms with E-state index >= 15 is 0 Å². The Balaban J connectivity index is 1.90. The molecule has 0 aliphatic carbocycles. The zero-order valence-electron chi connectivity index (χ0n) is 16.9. The Kier molecular flexibility index (Phi) is 8.86. The van der Waals surface area contributed by atoms with Crippen LogP contribution in [0.3, 0.4) is 0 Å². The van der Waals surface area contributed by atoms with E-state index in [1.54, 1.807) is 19.2 Å². The van der Waals surface area contributed by atoms with Gasteiger partial charge in [0, 0.05) is 44.8 Å². The van der Waals surface area contributed by atoms with Gasteiger partial charge in [-0.25, -0.2) is 0 Å². The first-order chi connectivity index (χ1) is 12.9. The zero-order valence-corrected chi connectivity index (χ0v) is 18.5. The van der Waals surface area contributed by atoms with Gasteiger partial charge in [-0.2, -0.15) is 0 Å². The number of piperazine rings is 1. The van der Waals surface area contributed by atoms with Gasteiger partial charge in [0.05, 0.1) is 18.2 Å². The highest BCUT2D eigenvalue weighted by atomic mass is 79.9. The molecule has 0 aromatic heterocycles. The van der Waals surface area contributed by atoms with Gasteiger partial charge in [-0.1, -0.05) is 13.8 Å². The van der Waals surface area contributed by atoms with Crippen LogP contribution in [0, 0.1) is 5.92 Å². The Morgan fingerprint density at radius 3 is 2.63 bits per heavy atom. The summed E-state index contributed by atoms with van der Waals surface area (Å²) in [7, 11) is 3.74. The Morgan fingerprint density at radius 2 is 2.00 bits per heavy atom. The highest BCUT2D eigenvalue weighted by Gasteiger charge is 2.18. The van der Waals surface area contributed by atoms with E-state index in [-0.39, 0.29) is 5.91 Å². The van der Waals surface area contributed by atoms with Crippen LogP contribution in [0.5, 0.6) is 11.5 Å². The molecule has 1 aromatic carbocycles. The van der Waals surface area contributed by atoms with Crippen LogP contribution < -0.4 is 14.8 Å². The quantitative estimate of drug-likeness (QED) is 0.638. The normalized spacial score (nSPS) is 16.8. The number of carbonyl (C=O) groups is 1. The topological polar surface area (TPSA) is 54.0 Å². The van der Waals surface area contributed by atoms with Crippen molar-refractivity contribution in [3.8, 4) is 11.5 Å². The van der Waals surface area contributed by atoms with Crippen molar-refractivity contribution in [3.63, 3.8) is 0 Å². The smallest absolute Gasteiger partial charge is 0.251 e. The molecule has 7 heteroatoms. The lowest BCUT2D eigenvalue weighted by molar-refractivity contribution is 0.0937. The number of hydrogen-bond acceptors (Lipinski definition) is 5. The van der Waals surface area contributed by atoms with Crippen LogP contribution in [-0.2, 0) is 0 Å².